The molecule has 0 saturated heterocycles. The number of ether oxygens (including phenoxy) is 1. The van der Waals surface area contributed by atoms with Gasteiger partial charge in [-0.3, -0.25) is 4.79 Å². The van der Waals surface area contributed by atoms with Crippen molar-refractivity contribution in [3.8, 4) is 0 Å². The molecule has 1 aromatic carbocycles. The van der Waals surface area contributed by atoms with Crippen molar-refractivity contribution >= 4 is 52.5 Å². The molecule has 0 aliphatic heterocycles. The van der Waals surface area contributed by atoms with Gasteiger partial charge in [-0.05, 0) is 58.7 Å². The molecule has 27 heavy (non-hydrogen) atoms. The molecule has 1 saturated carbocycles. The summed E-state index contributed by atoms with van der Waals surface area (Å²) in [5.41, 5.74) is -0.132. The Balaban J connectivity index is 2.11. The third-order valence-electron chi connectivity index (χ3n) is 4.28. The van der Waals surface area contributed by atoms with Crippen LogP contribution >= 0.6 is 34.8 Å². The molecular formula is C19H25Cl3N2O3. The second-order valence-electron chi connectivity index (χ2n) is 7.99. The van der Waals surface area contributed by atoms with Gasteiger partial charge in [0, 0.05) is 24.2 Å². The van der Waals surface area contributed by atoms with Crippen LogP contribution in [0.25, 0.3) is 0 Å². The van der Waals surface area contributed by atoms with E-state index >= 15 is 0 Å². The van der Waals surface area contributed by atoms with Crippen LogP contribution in [0.5, 0.6) is 0 Å². The van der Waals surface area contributed by atoms with Gasteiger partial charge in [0.2, 0.25) is 5.91 Å². The lowest BCUT2D eigenvalue weighted by Crippen LogP contribution is -2.44. The number of alkyl carbamates (subject to hydrolysis) is 1. The van der Waals surface area contributed by atoms with Crippen molar-refractivity contribution in [2.75, 3.05) is 18.0 Å². The summed E-state index contributed by atoms with van der Waals surface area (Å²) in [4.78, 5) is 26.2. The van der Waals surface area contributed by atoms with Gasteiger partial charge in [-0.2, -0.15) is 0 Å². The maximum Gasteiger partial charge on any atom is 0.407 e. The SMILES string of the molecule is CC(Cl)C(=O)N(CC1(CNC(=O)OC(C)(C)C)CC1)c1ccc(Cl)c(Cl)c1. The van der Waals surface area contributed by atoms with Gasteiger partial charge < -0.3 is 15.0 Å². The Morgan fingerprint density at radius 3 is 2.37 bits per heavy atom. The van der Waals surface area contributed by atoms with Crippen LogP contribution in [0.1, 0.15) is 40.5 Å². The molecule has 0 heterocycles. The minimum absolute atomic E-state index is 0.204. The molecule has 0 aromatic heterocycles. The Kier molecular flexibility index (Phi) is 6.93. The quantitative estimate of drug-likeness (QED) is 0.620. The fraction of sp³-hybridized carbons (Fsp3) is 0.579. The standard InChI is InChI=1S/C19H25Cl3N2O3/c1-12(20)16(25)24(13-5-6-14(21)15(22)9-13)11-19(7-8-19)10-23-17(26)27-18(2,3)4/h5-6,9,12H,7-8,10-11H2,1-4H3,(H,23,26). The average Bonchev–Trinajstić information content (AvgIpc) is 3.31. The predicted octanol–water partition coefficient (Wildman–Crippen LogP) is 5.26. The first-order valence-electron chi connectivity index (χ1n) is 8.80. The molecule has 1 atom stereocenters. The summed E-state index contributed by atoms with van der Waals surface area (Å²) < 4.78 is 5.28. The van der Waals surface area contributed by atoms with Crippen molar-refractivity contribution < 1.29 is 14.3 Å². The van der Waals surface area contributed by atoms with E-state index in [1.54, 1.807) is 30.0 Å². The molecule has 150 valence electrons. The highest BCUT2D eigenvalue weighted by molar-refractivity contribution is 6.42. The number of nitrogens with one attached hydrogen (secondary N) is 1. The number of carbonyl (C=O) groups excluding carboxylic acids is 2. The van der Waals surface area contributed by atoms with Crippen molar-refractivity contribution in [3.63, 3.8) is 0 Å². The highest BCUT2D eigenvalue weighted by atomic mass is 35.5. The third kappa shape index (κ3) is 6.44. The number of hydrogen-bond donors (Lipinski definition) is 1. The molecule has 1 aliphatic rings. The summed E-state index contributed by atoms with van der Waals surface area (Å²) >= 11 is 18.2. The molecular weight excluding hydrogens is 411 g/mol. The second-order valence-corrected chi connectivity index (χ2v) is 9.46. The normalized spacial score (nSPS) is 16.4. The summed E-state index contributed by atoms with van der Waals surface area (Å²) in [5, 5.41) is 2.90. The molecule has 1 aliphatic carbocycles. The Bertz CT molecular complexity index is 713. The molecule has 0 bridgehead atoms. The van der Waals surface area contributed by atoms with Gasteiger partial charge in [-0.1, -0.05) is 23.2 Å². The van der Waals surface area contributed by atoms with Gasteiger partial charge in [-0.15, -0.1) is 11.6 Å². The molecule has 1 aromatic rings. The van der Waals surface area contributed by atoms with Crippen molar-refractivity contribution in [1.29, 1.82) is 0 Å². The lowest BCUT2D eigenvalue weighted by molar-refractivity contribution is -0.118. The lowest BCUT2D eigenvalue weighted by Gasteiger charge is -2.29. The van der Waals surface area contributed by atoms with E-state index in [4.69, 9.17) is 39.5 Å². The number of carbonyl (C=O) groups is 2. The van der Waals surface area contributed by atoms with Crippen molar-refractivity contribution in [2.24, 2.45) is 5.41 Å². The molecule has 0 radical (unpaired) electrons. The van der Waals surface area contributed by atoms with Gasteiger partial charge in [0.1, 0.15) is 11.0 Å². The van der Waals surface area contributed by atoms with E-state index in [2.05, 4.69) is 5.32 Å². The number of hydrogen-bond acceptors (Lipinski definition) is 3. The number of benzene rings is 1. The van der Waals surface area contributed by atoms with Crippen LogP contribution in [0, 0.1) is 5.41 Å². The van der Waals surface area contributed by atoms with Crippen molar-refractivity contribution in [3.05, 3.63) is 28.2 Å². The smallest absolute Gasteiger partial charge is 0.407 e. The summed E-state index contributed by atoms with van der Waals surface area (Å²) in [6.45, 7) is 7.91. The minimum Gasteiger partial charge on any atom is -0.444 e. The number of halogens is 3. The summed E-state index contributed by atoms with van der Waals surface area (Å²) in [6.07, 6.45) is 1.32. The minimum atomic E-state index is -0.686. The van der Waals surface area contributed by atoms with Gasteiger partial charge in [-0.25, -0.2) is 4.79 Å². The molecule has 5 nitrogen and oxygen atoms in total. The van der Waals surface area contributed by atoms with E-state index in [-0.39, 0.29) is 11.3 Å². The number of alkyl halides is 1. The fourth-order valence-corrected chi connectivity index (χ4v) is 3.05. The van der Waals surface area contributed by atoms with Gasteiger partial charge in [0.25, 0.3) is 0 Å². The topological polar surface area (TPSA) is 58.6 Å². The van der Waals surface area contributed by atoms with Crippen LogP contribution in [0.3, 0.4) is 0 Å². The first kappa shape index (κ1) is 22.1. The van der Waals surface area contributed by atoms with Gasteiger partial charge in [0.15, 0.2) is 0 Å². The maximum absolute atomic E-state index is 12.7. The van der Waals surface area contributed by atoms with E-state index in [1.165, 1.54) is 0 Å². The zero-order valence-corrected chi connectivity index (χ0v) is 18.2. The van der Waals surface area contributed by atoms with Gasteiger partial charge in [0.05, 0.1) is 10.0 Å². The molecule has 2 rings (SSSR count). The number of anilines is 1. The highest BCUT2D eigenvalue weighted by Gasteiger charge is 2.46. The van der Waals surface area contributed by atoms with Crippen molar-refractivity contribution in [1.82, 2.24) is 5.32 Å². The monoisotopic (exact) mass is 434 g/mol. The van der Waals surface area contributed by atoms with E-state index in [0.29, 0.717) is 28.8 Å². The maximum atomic E-state index is 12.7. The van der Waals surface area contributed by atoms with E-state index in [0.717, 1.165) is 12.8 Å². The molecule has 2 amide bonds. The van der Waals surface area contributed by atoms with Crippen LogP contribution in [-0.4, -0.2) is 36.1 Å². The van der Waals surface area contributed by atoms with Crippen LogP contribution in [0.15, 0.2) is 18.2 Å². The van der Waals surface area contributed by atoms with Crippen molar-refractivity contribution in [2.45, 2.75) is 51.5 Å². The largest absolute Gasteiger partial charge is 0.444 e. The molecule has 1 fully saturated rings. The molecule has 8 heteroatoms. The Hall–Kier alpha value is -1.17. The fourth-order valence-electron chi connectivity index (χ4n) is 2.64. The van der Waals surface area contributed by atoms with Crippen LogP contribution in [0.4, 0.5) is 10.5 Å². The zero-order chi connectivity index (χ0) is 20.4. The summed E-state index contributed by atoms with van der Waals surface area (Å²) in [5.74, 6) is -0.224. The van der Waals surface area contributed by atoms with Crippen LogP contribution in [0.2, 0.25) is 10.0 Å². The van der Waals surface area contributed by atoms with Crippen LogP contribution < -0.4 is 10.2 Å². The Labute approximate surface area is 175 Å². The highest BCUT2D eigenvalue weighted by Crippen LogP contribution is 2.46. The van der Waals surface area contributed by atoms with Gasteiger partial charge >= 0.3 is 6.09 Å². The number of rotatable bonds is 6. The number of nitrogens with zero attached hydrogens (tertiary/aromatic N) is 1. The third-order valence-corrected chi connectivity index (χ3v) is 5.20. The first-order valence-corrected chi connectivity index (χ1v) is 9.99. The predicted molar refractivity (Wildman–Crippen MR) is 110 cm³/mol. The van der Waals surface area contributed by atoms with E-state index < -0.39 is 17.1 Å². The summed E-state index contributed by atoms with van der Waals surface area (Å²) in [7, 11) is 0. The second kappa shape index (κ2) is 8.46. The molecule has 0 spiro atoms. The summed E-state index contributed by atoms with van der Waals surface area (Å²) in [6, 6.07) is 5.04. The average molecular weight is 436 g/mol. The Morgan fingerprint density at radius 1 is 1.26 bits per heavy atom. The van der Waals surface area contributed by atoms with Crippen LogP contribution in [-0.2, 0) is 9.53 Å². The lowest BCUT2D eigenvalue weighted by atomic mass is 10.1. The van der Waals surface area contributed by atoms with E-state index in [9.17, 15) is 9.59 Å². The van der Waals surface area contributed by atoms with E-state index in [1.807, 2.05) is 20.8 Å². The first-order chi connectivity index (χ1) is 12.4. The molecule has 1 unspecified atom stereocenters. The molecule has 1 N–H and O–H groups in total. The number of amides is 2. The zero-order valence-electron chi connectivity index (χ0n) is 15.9. The Morgan fingerprint density at radius 2 is 1.89 bits per heavy atom.